The SMILES string of the molecule is CSc1nc(=O)c(I)cn1CCOC(C)C. The Morgan fingerprint density at radius 2 is 2.31 bits per heavy atom. The lowest BCUT2D eigenvalue weighted by Gasteiger charge is -2.12. The van der Waals surface area contributed by atoms with Crippen molar-refractivity contribution >= 4 is 34.4 Å². The van der Waals surface area contributed by atoms with Crippen LogP contribution >= 0.6 is 34.4 Å². The van der Waals surface area contributed by atoms with Gasteiger partial charge in [0.15, 0.2) is 5.16 Å². The second kappa shape index (κ2) is 6.61. The average Bonchev–Trinajstić information content (AvgIpc) is 2.22. The highest BCUT2D eigenvalue weighted by Crippen LogP contribution is 2.11. The number of hydrogen-bond donors (Lipinski definition) is 0. The summed E-state index contributed by atoms with van der Waals surface area (Å²) in [6.07, 6.45) is 3.96. The van der Waals surface area contributed by atoms with Gasteiger partial charge in [0.2, 0.25) is 0 Å². The highest BCUT2D eigenvalue weighted by molar-refractivity contribution is 14.1. The molecular formula is C10H15IN2O2S. The lowest BCUT2D eigenvalue weighted by Crippen LogP contribution is -2.19. The summed E-state index contributed by atoms with van der Waals surface area (Å²) in [7, 11) is 0. The smallest absolute Gasteiger partial charge is 0.287 e. The Hall–Kier alpha value is -0.0800. The lowest BCUT2D eigenvalue weighted by atomic mass is 10.5. The van der Waals surface area contributed by atoms with Crippen molar-refractivity contribution in [3.05, 3.63) is 20.1 Å². The molecule has 0 amide bonds. The van der Waals surface area contributed by atoms with Gasteiger partial charge in [0.05, 0.1) is 16.3 Å². The molecule has 0 N–H and O–H groups in total. The summed E-state index contributed by atoms with van der Waals surface area (Å²) in [5.41, 5.74) is -0.161. The lowest BCUT2D eigenvalue weighted by molar-refractivity contribution is 0.0711. The van der Waals surface area contributed by atoms with Crippen LogP contribution in [0.1, 0.15) is 13.8 Å². The van der Waals surface area contributed by atoms with Crippen LogP contribution in [-0.2, 0) is 11.3 Å². The number of nitrogens with zero attached hydrogens (tertiary/aromatic N) is 2. The van der Waals surface area contributed by atoms with Crippen molar-refractivity contribution in [3.8, 4) is 0 Å². The molecule has 0 saturated carbocycles. The molecule has 0 saturated heterocycles. The quantitative estimate of drug-likeness (QED) is 0.461. The summed E-state index contributed by atoms with van der Waals surface area (Å²) in [6.45, 7) is 5.36. The molecule has 1 aromatic heterocycles. The molecule has 1 rings (SSSR count). The highest BCUT2D eigenvalue weighted by atomic mass is 127. The summed E-state index contributed by atoms with van der Waals surface area (Å²) in [5, 5.41) is 0.734. The van der Waals surface area contributed by atoms with Crippen molar-refractivity contribution in [1.82, 2.24) is 9.55 Å². The van der Waals surface area contributed by atoms with Crippen LogP contribution in [0.15, 0.2) is 16.1 Å². The van der Waals surface area contributed by atoms with Crippen LogP contribution in [0.5, 0.6) is 0 Å². The van der Waals surface area contributed by atoms with Crippen LogP contribution in [0, 0.1) is 3.57 Å². The first-order valence-corrected chi connectivity index (χ1v) is 7.27. The zero-order valence-corrected chi connectivity index (χ0v) is 12.5. The molecule has 0 spiro atoms. The monoisotopic (exact) mass is 354 g/mol. The van der Waals surface area contributed by atoms with Crippen molar-refractivity contribution in [1.29, 1.82) is 0 Å². The molecule has 0 aliphatic rings. The van der Waals surface area contributed by atoms with Crippen LogP contribution in [0.2, 0.25) is 0 Å². The number of halogens is 1. The van der Waals surface area contributed by atoms with Gasteiger partial charge in [-0.2, -0.15) is 4.98 Å². The fraction of sp³-hybridized carbons (Fsp3) is 0.600. The van der Waals surface area contributed by atoms with Gasteiger partial charge in [0, 0.05) is 12.7 Å². The van der Waals surface area contributed by atoms with Crippen molar-refractivity contribution in [2.24, 2.45) is 0 Å². The van der Waals surface area contributed by atoms with Crippen LogP contribution in [0.4, 0.5) is 0 Å². The van der Waals surface area contributed by atoms with E-state index in [4.69, 9.17) is 4.74 Å². The molecule has 0 aliphatic heterocycles. The van der Waals surface area contributed by atoms with Crippen molar-refractivity contribution in [3.63, 3.8) is 0 Å². The van der Waals surface area contributed by atoms with Crippen LogP contribution < -0.4 is 5.56 Å². The maximum atomic E-state index is 11.4. The molecule has 90 valence electrons. The number of thioether (sulfide) groups is 1. The van der Waals surface area contributed by atoms with E-state index >= 15 is 0 Å². The largest absolute Gasteiger partial charge is 0.377 e. The predicted molar refractivity (Wildman–Crippen MR) is 74.1 cm³/mol. The van der Waals surface area contributed by atoms with Gasteiger partial charge >= 0.3 is 0 Å². The molecule has 0 fully saturated rings. The second-order valence-corrected chi connectivity index (χ2v) is 5.43. The second-order valence-electron chi connectivity index (χ2n) is 3.49. The van der Waals surface area contributed by atoms with Crippen molar-refractivity contribution in [2.45, 2.75) is 31.7 Å². The van der Waals surface area contributed by atoms with E-state index in [9.17, 15) is 4.79 Å². The molecular weight excluding hydrogens is 339 g/mol. The van der Waals surface area contributed by atoms with Crippen molar-refractivity contribution in [2.75, 3.05) is 12.9 Å². The minimum atomic E-state index is -0.161. The van der Waals surface area contributed by atoms with Crippen LogP contribution in [0.25, 0.3) is 0 Å². The molecule has 0 aromatic carbocycles. The first kappa shape index (κ1) is 14.0. The molecule has 16 heavy (non-hydrogen) atoms. The van der Waals surface area contributed by atoms with Gasteiger partial charge in [0.1, 0.15) is 0 Å². The Balaban J connectivity index is 2.78. The van der Waals surface area contributed by atoms with Gasteiger partial charge in [-0.05, 0) is 42.7 Å². The highest BCUT2D eigenvalue weighted by Gasteiger charge is 2.05. The zero-order valence-electron chi connectivity index (χ0n) is 9.57. The summed E-state index contributed by atoms with van der Waals surface area (Å²) in [4.78, 5) is 15.4. The van der Waals surface area contributed by atoms with Gasteiger partial charge in [-0.3, -0.25) is 4.79 Å². The predicted octanol–water partition coefficient (Wildman–Crippen LogP) is 1.99. The van der Waals surface area contributed by atoms with E-state index in [1.165, 1.54) is 11.8 Å². The number of rotatable bonds is 5. The third-order valence-electron chi connectivity index (χ3n) is 1.88. The summed E-state index contributed by atoms with van der Waals surface area (Å²) in [6, 6.07) is 0. The topological polar surface area (TPSA) is 44.1 Å². The minimum absolute atomic E-state index is 0.161. The molecule has 0 bridgehead atoms. The Bertz CT molecular complexity index is 406. The van der Waals surface area contributed by atoms with Crippen molar-refractivity contribution < 1.29 is 4.74 Å². The first-order valence-electron chi connectivity index (χ1n) is 4.97. The average molecular weight is 354 g/mol. The number of ether oxygens (including phenoxy) is 1. The summed E-state index contributed by atoms with van der Waals surface area (Å²) < 4.78 is 8.07. The molecule has 1 heterocycles. The first-order chi connectivity index (χ1) is 7.54. The normalized spacial score (nSPS) is 11.1. The van der Waals surface area contributed by atoms with Gasteiger partial charge in [-0.25, -0.2) is 0 Å². The van der Waals surface area contributed by atoms with E-state index in [1.54, 1.807) is 0 Å². The number of aromatic nitrogens is 2. The fourth-order valence-electron chi connectivity index (χ4n) is 1.16. The molecule has 1 aromatic rings. The summed E-state index contributed by atoms with van der Waals surface area (Å²) in [5.74, 6) is 0. The van der Waals surface area contributed by atoms with Crippen LogP contribution in [0.3, 0.4) is 0 Å². The van der Waals surface area contributed by atoms with Gasteiger partial charge in [-0.1, -0.05) is 11.8 Å². The standard InChI is InChI=1S/C10H15IN2O2S/c1-7(2)15-5-4-13-6-8(11)9(14)12-10(13)16-3/h6-7H,4-5H2,1-3H3. The maximum absolute atomic E-state index is 11.4. The van der Waals surface area contributed by atoms with E-state index in [2.05, 4.69) is 4.98 Å². The van der Waals surface area contributed by atoms with Crippen LogP contribution in [-0.4, -0.2) is 28.5 Å². The Morgan fingerprint density at radius 3 is 2.88 bits per heavy atom. The molecule has 0 unspecified atom stereocenters. The molecule has 0 aliphatic carbocycles. The van der Waals surface area contributed by atoms with E-state index in [0.29, 0.717) is 10.2 Å². The molecule has 6 heteroatoms. The molecule has 0 radical (unpaired) electrons. The molecule has 0 atom stereocenters. The minimum Gasteiger partial charge on any atom is -0.377 e. The van der Waals surface area contributed by atoms with Gasteiger partial charge in [0.25, 0.3) is 5.56 Å². The van der Waals surface area contributed by atoms with Gasteiger partial charge < -0.3 is 9.30 Å². The Labute approximate surface area is 113 Å². The number of hydrogen-bond acceptors (Lipinski definition) is 4. The van der Waals surface area contributed by atoms with E-state index in [-0.39, 0.29) is 11.7 Å². The Morgan fingerprint density at radius 1 is 1.62 bits per heavy atom. The van der Waals surface area contributed by atoms with E-state index in [1.807, 2.05) is 53.5 Å². The fourth-order valence-corrected chi connectivity index (χ4v) is 2.17. The third kappa shape index (κ3) is 4.06. The van der Waals surface area contributed by atoms with Gasteiger partial charge in [-0.15, -0.1) is 0 Å². The Kier molecular flexibility index (Phi) is 5.77. The van der Waals surface area contributed by atoms with E-state index < -0.39 is 0 Å². The van der Waals surface area contributed by atoms with E-state index in [0.717, 1.165) is 11.7 Å². The maximum Gasteiger partial charge on any atom is 0.287 e. The molecule has 4 nitrogen and oxygen atoms in total. The zero-order chi connectivity index (χ0) is 12.1. The summed E-state index contributed by atoms with van der Waals surface area (Å²) >= 11 is 3.47. The third-order valence-corrected chi connectivity index (χ3v) is 3.31.